The van der Waals surface area contributed by atoms with Crippen LogP contribution in [0.1, 0.15) is 5.56 Å². The fourth-order valence-corrected chi connectivity index (χ4v) is 1.78. The predicted octanol–water partition coefficient (Wildman–Crippen LogP) is 2.83. The Morgan fingerprint density at radius 2 is 1.79 bits per heavy atom. The molecule has 0 atom stereocenters. The lowest BCUT2D eigenvalue weighted by atomic mass is 10.2. The molecule has 0 heterocycles. The van der Waals surface area contributed by atoms with E-state index in [0.717, 1.165) is 24.3 Å². The minimum atomic E-state index is -0.984. The van der Waals surface area contributed by atoms with Crippen LogP contribution in [0, 0.1) is 20.2 Å². The fourth-order valence-electron chi connectivity index (χ4n) is 1.78. The number of ether oxygens (including phenoxy) is 1. The summed E-state index contributed by atoms with van der Waals surface area (Å²) in [5.41, 5.74) is -0.694. The SMILES string of the molecule is O=C(/C=C/c1ccccc1O)Oc1cc([N+](=O)[O-])ccc1[N+](=O)[O-]. The average molecular weight is 330 g/mol. The lowest BCUT2D eigenvalue weighted by Gasteiger charge is -2.03. The number of para-hydroxylation sites is 1. The van der Waals surface area contributed by atoms with E-state index in [1.165, 1.54) is 18.2 Å². The van der Waals surface area contributed by atoms with Crippen LogP contribution in [0.2, 0.25) is 0 Å². The summed E-state index contributed by atoms with van der Waals surface area (Å²) in [6.45, 7) is 0. The first-order chi connectivity index (χ1) is 11.4. The molecule has 9 nitrogen and oxygen atoms in total. The van der Waals surface area contributed by atoms with E-state index in [2.05, 4.69) is 0 Å². The van der Waals surface area contributed by atoms with E-state index in [1.807, 2.05) is 0 Å². The van der Waals surface area contributed by atoms with Gasteiger partial charge in [0.25, 0.3) is 5.69 Å². The van der Waals surface area contributed by atoms with E-state index in [9.17, 15) is 30.1 Å². The zero-order valence-corrected chi connectivity index (χ0v) is 12.0. The van der Waals surface area contributed by atoms with E-state index >= 15 is 0 Å². The molecule has 0 bridgehead atoms. The maximum absolute atomic E-state index is 11.8. The van der Waals surface area contributed by atoms with Gasteiger partial charge in [0.15, 0.2) is 0 Å². The molecule has 0 aliphatic heterocycles. The van der Waals surface area contributed by atoms with Crippen molar-refractivity contribution in [3.63, 3.8) is 0 Å². The van der Waals surface area contributed by atoms with Crippen molar-refractivity contribution >= 4 is 23.4 Å². The minimum absolute atomic E-state index is 0.0668. The van der Waals surface area contributed by atoms with Gasteiger partial charge in [0, 0.05) is 23.8 Å². The Balaban J connectivity index is 2.24. The molecule has 0 saturated carbocycles. The number of nitrogens with zero attached hydrogens (tertiary/aromatic N) is 2. The Morgan fingerprint density at radius 1 is 1.08 bits per heavy atom. The van der Waals surface area contributed by atoms with E-state index < -0.39 is 32.9 Å². The summed E-state index contributed by atoms with van der Waals surface area (Å²) >= 11 is 0. The quantitative estimate of drug-likeness (QED) is 0.293. The molecule has 0 saturated heterocycles. The van der Waals surface area contributed by atoms with Gasteiger partial charge in [-0.25, -0.2) is 4.79 Å². The summed E-state index contributed by atoms with van der Waals surface area (Å²) in [6.07, 6.45) is 2.19. The van der Waals surface area contributed by atoms with Crippen LogP contribution >= 0.6 is 0 Å². The van der Waals surface area contributed by atoms with Crippen molar-refractivity contribution in [2.45, 2.75) is 0 Å². The van der Waals surface area contributed by atoms with Gasteiger partial charge in [-0.1, -0.05) is 18.2 Å². The average Bonchev–Trinajstić information content (AvgIpc) is 2.53. The molecule has 9 heteroatoms. The molecule has 122 valence electrons. The Bertz CT molecular complexity index is 845. The molecule has 0 aromatic heterocycles. The van der Waals surface area contributed by atoms with Gasteiger partial charge in [-0.3, -0.25) is 20.2 Å². The van der Waals surface area contributed by atoms with Gasteiger partial charge < -0.3 is 9.84 Å². The number of benzene rings is 2. The number of nitro benzene ring substituents is 2. The van der Waals surface area contributed by atoms with Gasteiger partial charge in [0.2, 0.25) is 5.75 Å². The monoisotopic (exact) mass is 330 g/mol. The second kappa shape index (κ2) is 7.01. The fraction of sp³-hybridized carbons (Fsp3) is 0. The van der Waals surface area contributed by atoms with Crippen LogP contribution < -0.4 is 4.74 Å². The van der Waals surface area contributed by atoms with Gasteiger partial charge >= 0.3 is 11.7 Å². The standard InChI is InChI=1S/C15H10N2O7/c18-13-4-2-1-3-10(13)5-8-15(19)24-14-9-11(16(20)21)6-7-12(14)17(22)23/h1-9,18H/b8-5+. The van der Waals surface area contributed by atoms with E-state index in [0.29, 0.717) is 5.56 Å². The number of hydrogen-bond donors (Lipinski definition) is 1. The highest BCUT2D eigenvalue weighted by Gasteiger charge is 2.21. The largest absolute Gasteiger partial charge is 0.507 e. The Kier molecular flexibility index (Phi) is 4.85. The van der Waals surface area contributed by atoms with Crippen LogP contribution in [0.5, 0.6) is 11.5 Å². The zero-order chi connectivity index (χ0) is 17.7. The lowest BCUT2D eigenvalue weighted by Crippen LogP contribution is -2.06. The normalized spacial score (nSPS) is 10.5. The molecular formula is C15H10N2O7. The van der Waals surface area contributed by atoms with Crippen LogP contribution in [0.25, 0.3) is 6.08 Å². The maximum Gasteiger partial charge on any atom is 0.336 e. The lowest BCUT2D eigenvalue weighted by molar-refractivity contribution is -0.389. The molecule has 0 radical (unpaired) electrons. The highest BCUT2D eigenvalue weighted by Crippen LogP contribution is 2.31. The number of carbonyl (C=O) groups is 1. The van der Waals surface area contributed by atoms with Crippen molar-refractivity contribution in [1.82, 2.24) is 0 Å². The molecule has 0 aliphatic rings. The van der Waals surface area contributed by atoms with Crippen molar-refractivity contribution in [3.8, 4) is 11.5 Å². The first-order valence-electron chi connectivity index (χ1n) is 6.49. The number of aromatic hydroxyl groups is 1. The van der Waals surface area contributed by atoms with Crippen molar-refractivity contribution in [3.05, 3.63) is 74.3 Å². The van der Waals surface area contributed by atoms with Gasteiger partial charge in [-0.05, 0) is 12.1 Å². The van der Waals surface area contributed by atoms with Crippen molar-refractivity contribution in [1.29, 1.82) is 0 Å². The molecule has 0 spiro atoms. The molecule has 0 unspecified atom stereocenters. The number of esters is 1. The molecule has 1 N–H and O–H groups in total. The molecular weight excluding hydrogens is 320 g/mol. The predicted molar refractivity (Wildman–Crippen MR) is 82.5 cm³/mol. The smallest absolute Gasteiger partial charge is 0.336 e. The molecule has 2 rings (SSSR count). The van der Waals surface area contributed by atoms with Crippen LogP contribution in [-0.2, 0) is 4.79 Å². The number of phenols is 1. The Labute approximate surface area is 134 Å². The van der Waals surface area contributed by atoms with Crippen LogP contribution in [-0.4, -0.2) is 20.9 Å². The van der Waals surface area contributed by atoms with Crippen molar-refractivity contribution < 1.29 is 24.5 Å². The minimum Gasteiger partial charge on any atom is -0.507 e. The molecule has 24 heavy (non-hydrogen) atoms. The molecule has 2 aromatic rings. The first-order valence-corrected chi connectivity index (χ1v) is 6.49. The summed E-state index contributed by atoms with van der Waals surface area (Å²) < 4.78 is 4.81. The molecule has 0 aliphatic carbocycles. The number of carbonyl (C=O) groups excluding carboxylic acids is 1. The van der Waals surface area contributed by atoms with E-state index in [-0.39, 0.29) is 5.75 Å². The number of rotatable bonds is 5. The first kappa shape index (κ1) is 16.6. The number of non-ortho nitro benzene ring substituents is 1. The van der Waals surface area contributed by atoms with Gasteiger partial charge in [0.05, 0.1) is 15.9 Å². The summed E-state index contributed by atoms with van der Waals surface area (Å²) in [4.78, 5) is 31.8. The highest BCUT2D eigenvalue weighted by molar-refractivity contribution is 5.89. The zero-order valence-electron chi connectivity index (χ0n) is 12.0. The highest BCUT2D eigenvalue weighted by atomic mass is 16.6. The van der Waals surface area contributed by atoms with Crippen LogP contribution in [0.4, 0.5) is 11.4 Å². The molecule has 0 amide bonds. The van der Waals surface area contributed by atoms with E-state index in [4.69, 9.17) is 4.74 Å². The molecule has 0 fully saturated rings. The van der Waals surface area contributed by atoms with E-state index in [1.54, 1.807) is 12.1 Å². The summed E-state index contributed by atoms with van der Waals surface area (Å²) in [7, 11) is 0. The summed E-state index contributed by atoms with van der Waals surface area (Å²) in [5.74, 6) is -1.59. The van der Waals surface area contributed by atoms with Gasteiger partial charge in [0.1, 0.15) is 5.75 Å². The number of nitro groups is 2. The topological polar surface area (TPSA) is 133 Å². The van der Waals surface area contributed by atoms with Gasteiger partial charge in [-0.15, -0.1) is 0 Å². The number of hydrogen-bond acceptors (Lipinski definition) is 7. The maximum atomic E-state index is 11.8. The van der Waals surface area contributed by atoms with Crippen LogP contribution in [0.3, 0.4) is 0 Å². The Hall–Kier alpha value is -3.75. The van der Waals surface area contributed by atoms with Crippen molar-refractivity contribution in [2.75, 3.05) is 0 Å². The van der Waals surface area contributed by atoms with Crippen molar-refractivity contribution in [2.24, 2.45) is 0 Å². The second-order valence-electron chi connectivity index (χ2n) is 4.48. The second-order valence-corrected chi connectivity index (χ2v) is 4.48. The third kappa shape index (κ3) is 3.91. The van der Waals surface area contributed by atoms with Gasteiger partial charge in [-0.2, -0.15) is 0 Å². The number of phenolic OH excluding ortho intramolecular Hbond substituents is 1. The molecule has 2 aromatic carbocycles. The summed E-state index contributed by atoms with van der Waals surface area (Å²) in [6, 6.07) is 8.80. The Morgan fingerprint density at radius 3 is 2.42 bits per heavy atom. The third-order valence-corrected chi connectivity index (χ3v) is 2.90. The summed E-state index contributed by atoms with van der Waals surface area (Å²) in [5, 5.41) is 31.2. The third-order valence-electron chi connectivity index (χ3n) is 2.90. The van der Waals surface area contributed by atoms with Crippen LogP contribution in [0.15, 0.2) is 48.5 Å².